The Balaban J connectivity index is 1.12. The molecule has 1 saturated carbocycles. The summed E-state index contributed by atoms with van der Waals surface area (Å²) in [4.78, 5) is 22.2. The summed E-state index contributed by atoms with van der Waals surface area (Å²) >= 11 is 5.91. The summed E-state index contributed by atoms with van der Waals surface area (Å²) in [6, 6.07) is 8.27. The van der Waals surface area contributed by atoms with E-state index in [1.165, 1.54) is 12.7 Å². The zero-order chi connectivity index (χ0) is 22.1. The normalized spacial score (nSPS) is 21.3. The number of halogens is 1. The van der Waals surface area contributed by atoms with Crippen molar-refractivity contribution >= 4 is 29.5 Å². The Kier molecular flexibility index (Phi) is 5.65. The van der Waals surface area contributed by atoms with Gasteiger partial charge < -0.3 is 19.4 Å². The minimum atomic E-state index is -0.140. The van der Waals surface area contributed by atoms with Gasteiger partial charge in [-0.25, -0.2) is 9.97 Å². The van der Waals surface area contributed by atoms with Crippen LogP contribution in [0.5, 0.6) is 0 Å². The van der Waals surface area contributed by atoms with Crippen LogP contribution in [0.25, 0.3) is 11.5 Å². The lowest BCUT2D eigenvalue weighted by molar-refractivity contribution is -0.141. The zero-order valence-electron chi connectivity index (χ0n) is 17.6. The van der Waals surface area contributed by atoms with Crippen molar-refractivity contribution in [1.29, 1.82) is 0 Å². The van der Waals surface area contributed by atoms with E-state index < -0.39 is 0 Å². The smallest absolute Gasteiger partial charge is 0.318 e. The number of hydrogen-bond donors (Lipinski definition) is 1. The van der Waals surface area contributed by atoms with E-state index in [1.54, 1.807) is 12.4 Å². The summed E-state index contributed by atoms with van der Waals surface area (Å²) in [5.74, 6) is 2.18. The molecule has 0 bridgehead atoms. The second-order valence-electron chi connectivity index (χ2n) is 8.17. The molecular formula is C22H23ClN6O3. The van der Waals surface area contributed by atoms with Crippen molar-refractivity contribution in [1.82, 2.24) is 20.2 Å². The van der Waals surface area contributed by atoms with E-state index in [9.17, 15) is 4.79 Å². The molecule has 0 amide bonds. The molecule has 3 aromatic rings. The third kappa shape index (κ3) is 4.38. The van der Waals surface area contributed by atoms with Gasteiger partial charge in [-0.1, -0.05) is 28.8 Å². The first-order valence-corrected chi connectivity index (χ1v) is 10.9. The van der Waals surface area contributed by atoms with Gasteiger partial charge in [-0.05, 0) is 41.9 Å². The number of benzene rings is 1. The first kappa shape index (κ1) is 20.7. The molecular weight excluding hydrogens is 432 g/mol. The Morgan fingerprint density at radius 2 is 1.91 bits per heavy atom. The van der Waals surface area contributed by atoms with E-state index in [1.807, 2.05) is 24.3 Å². The van der Waals surface area contributed by atoms with Gasteiger partial charge in [0.25, 0.3) is 5.89 Å². The molecule has 1 unspecified atom stereocenters. The lowest BCUT2D eigenvalue weighted by Gasteiger charge is -2.16. The first-order valence-electron chi connectivity index (χ1n) is 10.6. The second-order valence-corrected chi connectivity index (χ2v) is 8.60. The number of methoxy groups -OCH3 is 1. The molecule has 1 aromatic carbocycles. The van der Waals surface area contributed by atoms with E-state index in [0.29, 0.717) is 54.1 Å². The average molecular weight is 455 g/mol. The summed E-state index contributed by atoms with van der Waals surface area (Å²) in [5.41, 5.74) is 1.85. The SMILES string of the molecule is COC(=O)CC1[C@H]2CN(c3nnc(-c4cnc(NCCc5ccc(Cl)cc5)nc4)o3)C[C@@H]12. The molecule has 2 fully saturated rings. The topological polar surface area (TPSA) is 106 Å². The highest BCUT2D eigenvalue weighted by atomic mass is 35.5. The highest BCUT2D eigenvalue weighted by molar-refractivity contribution is 6.30. The average Bonchev–Trinajstić information content (AvgIpc) is 3.20. The van der Waals surface area contributed by atoms with E-state index in [4.69, 9.17) is 20.8 Å². The van der Waals surface area contributed by atoms with Crippen molar-refractivity contribution in [2.24, 2.45) is 17.8 Å². The fourth-order valence-corrected chi connectivity index (χ4v) is 4.47. The Morgan fingerprint density at radius 3 is 2.59 bits per heavy atom. The van der Waals surface area contributed by atoms with Crippen molar-refractivity contribution < 1.29 is 13.9 Å². The Hall–Kier alpha value is -3.20. The van der Waals surface area contributed by atoms with Crippen LogP contribution >= 0.6 is 11.6 Å². The first-order chi connectivity index (χ1) is 15.6. The van der Waals surface area contributed by atoms with Crippen LogP contribution in [0.3, 0.4) is 0 Å². The highest BCUT2D eigenvalue weighted by Crippen LogP contribution is 2.54. The third-order valence-electron chi connectivity index (χ3n) is 6.20. The molecule has 5 rings (SSSR count). The molecule has 2 aliphatic rings. The minimum Gasteiger partial charge on any atom is -0.469 e. The van der Waals surface area contributed by atoms with Crippen molar-refractivity contribution in [2.75, 3.05) is 37.0 Å². The van der Waals surface area contributed by atoms with E-state index in [2.05, 4.69) is 30.4 Å². The van der Waals surface area contributed by atoms with Crippen LogP contribution in [-0.2, 0) is 16.0 Å². The fraction of sp³-hybridized carbons (Fsp3) is 0.409. The van der Waals surface area contributed by atoms with Gasteiger partial charge in [-0.15, -0.1) is 5.10 Å². The maximum absolute atomic E-state index is 11.5. The second kappa shape index (κ2) is 8.74. The van der Waals surface area contributed by atoms with Crippen molar-refractivity contribution in [3.05, 3.63) is 47.2 Å². The standard InChI is InChI=1S/C22H23ClN6O3/c1-31-19(30)8-16-17-11-29(12-18(16)17)22-28-27-20(32-22)14-9-25-21(26-10-14)24-7-6-13-2-4-15(23)5-3-13/h2-5,9-10,16-18H,6-8,11-12H2,1H3,(H,24,25,26)/t16?,17-,18+. The number of nitrogens with zero attached hydrogens (tertiary/aromatic N) is 5. The number of esters is 1. The summed E-state index contributed by atoms with van der Waals surface area (Å²) in [6.07, 6.45) is 4.67. The van der Waals surface area contributed by atoms with Crippen LogP contribution < -0.4 is 10.2 Å². The number of ether oxygens (including phenoxy) is 1. The predicted molar refractivity (Wildman–Crippen MR) is 118 cm³/mol. The Bertz CT molecular complexity index is 1080. The van der Waals surface area contributed by atoms with Gasteiger partial charge in [0.05, 0.1) is 12.7 Å². The molecule has 1 saturated heterocycles. The molecule has 1 N–H and O–H groups in total. The number of carbonyl (C=O) groups excluding carboxylic acids is 1. The molecule has 0 radical (unpaired) electrons. The third-order valence-corrected chi connectivity index (χ3v) is 6.45. The maximum atomic E-state index is 11.5. The van der Waals surface area contributed by atoms with Gasteiger partial charge in [0, 0.05) is 43.5 Å². The lowest BCUT2D eigenvalue weighted by Crippen LogP contribution is -2.24. The van der Waals surface area contributed by atoms with Gasteiger partial charge in [0.15, 0.2) is 0 Å². The zero-order valence-corrected chi connectivity index (χ0v) is 18.3. The monoisotopic (exact) mass is 454 g/mol. The van der Waals surface area contributed by atoms with Gasteiger partial charge >= 0.3 is 12.0 Å². The molecule has 10 heteroatoms. The molecule has 3 atom stereocenters. The van der Waals surface area contributed by atoms with Crippen molar-refractivity contribution in [3.8, 4) is 11.5 Å². The number of rotatable bonds is 8. The van der Waals surface area contributed by atoms with Gasteiger partial charge in [-0.2, -0.15) is 0 Å². The molecule has 32 heavy (non-hydrogen) atoms. The quantitative estimate of drug-likeness (QED) is 0.514. The number of nitrogens with one attached hydrogen (secondary N) is 1. The molecule has 1 aliphatic carbocycles. The lowest BCUT2D eigenvalue weighted by atomic mass is 10.1. The van der Waals surface area contributed by atoms with E-state index >= 15 is 0 Å². The molecule has 166 valence electrons. The Labute approximate surface area is 190 Å². The molecule has 9 nitrogen and oxygen atoms in total. The van der Waals surface area contributed by atoms with Crippen molar-refractivity contribution in [3.63, 3.8) is 0 Å². The maximum Gasteiger partial charge on any atom is 0.318 e. The van der Waals surface area contributed by atoms with Crippen LogP contribution in [0.2, 0.25) is 5.02 Å². The summed E-state index contributed by atoms with van der Waals surface area (Å²) in [6.45, 7) is 2.35. The number of piperidine rings is 1. The molecule has 0 spiro atoms. The van der Waals surface area contributed by atoms with Crippen LogP contribution in [0, 0.1) is 17.8 Å². The van der Waals surface area contributed by atoms with Gasteiger partial charge in [0.1, 0.15) is 0 Å². The molecule has 3 heterocycles. The van der Waals surface area contributed by atoms with Crippen molar-refractivity contribution in [2.45, 2.75) is 12.8 Å². The summed E-state index contributed by atoms with van der Waals surface area (Å²) < 4.78 is 10.6. The summed E-state index contributed by atoms with van der Waals surface area (Å²) in [7, 11) is 1.43. The summed E-state index contributed by atoms with van der Waals surface area (Å²) in [5, 5.41) is 12.3. The molecule has 2 aromatic heterocycles. The van der Waals surface area contributed by atoms with Crippen LogP contribution in [-0.4, -0.2) is 52.9 Å². The largest absolute Gasteiger partial charge is 0.469 e. The minimum absolute atomic E-state index is 0.140. The number of hydrogen-bond acceptors (Lipinski definition) is 9. The van der Waals surface area contributed by atoms with Gasteiger partial charge in [0.2, 0.25) is 5.95 Å². The number of carbonyl (C=O) groups is 1. The Morgan fingerprint density at radius 1 is 1.19 bits per heavy atom. The van der Waals surface area contributed by atoms with Crippen LogP contribution in [0.4, 0.5) is 12.0 Å². The van der Waals surface area contributed by atoms with E-state index in [0.717, 1.165) is 24.5 Å². The number of aromatic nitrogens is 4. The van der Waals surface area contributed by atoms with E-state index in [-0.39, 0.29) is 5.97 Å². The van der Waals surface area contributed by atoms with Crippen LogP contribution in [0.15, 0.2) is 41.1 Å². The fourth-order valence-electron chi connectivity index (χ4n) is 4.34. The number of anilines is 2. The predicted octanol–water partition coefficient (Wildman–Crippen LogP) is 3.08. The highest BCUT2D eigenvalue weighted by Gasteiger charge is 2.57. The van der Waals surface area contributed by atoms with Gasteiger partial charge in [-0.3, -0.25) is 4.79 Å². The number of fused-ring (bicyclic) bond motifs is 1. The van der Waals surface area contributed by atoms with Crippen LogP contribution in [0.1, 0.15) is 12.0 Å². The molecule has 1 aliphatic heterocycles.